The molecule has 1 heterocycles. The van der Waals surface area contributed by atoms with Crippen LogP contribution in [0.15, 0.2) is 18.2 Å². The molecule has 0 spiro atoms. The quantitative estimate of drug-likeness (QED) is 0.725. The molecule has 0 saturated carbocycles. The lowest BCUT2D eigenvalue weighted by molar-refractivity contribution is 0.134. The molecule has 2 aromatic rings. The first kappa shape index (κ1) is 16.1. The highest BCUT2D eigenvalue weighted by atomic mass is 35.5. The Balaban J connectivity index is 2.63. The normalized spacial score (nSPS) is 13.0. The number of methoxy groups -OCH3 is 1. The fourth-order valence-electron chi connectivity index (χ4n) is 2.61. The predicted octanol–water partition coefficient (Wildman–Crippen LogP) is 4.02. The molecule has 0 aliphatic rings. The van der Waals surface area contributed by atoms with Crippen LogP contribution in [0, 0.1) is 5.92 Å². The van der Waals surface area contributed by atoms with Crippen LogP contribution >= 0.6 is 11.6 Å². The zero-order valence-electron chi connectivity index (χ0n) is 13.1. The third kappa shape index (κ3) is 3.16. The molecule has 1 aromatic carbocycles. The number of halogens is 1. The largest absolute Gasteiger partial charge is 0.492 e. The van der Waals surface area contributed by atoms with Crippen LogP contribution in [0.4, 0.5) is 0 Å². The second kappa shape index (κ2) is 7.14. The van der Waals surface area contributed by atoms with Crippen molar-refractivity contribution < 1.29 is 9.47 Å². The molecule has 0 amide bonds. The Morgan fingerprint density at radius 2 is 2.10 bits per heavy atom. The van der Waals surface area contributed by atoms with Gasteiger partial charge in [0.1, 0.15) is 17.1 Å². The van der Waals surface area contributed by atoms with Gasteiger partial charge in [0.05, 0.1) is 30.7 Å². The van der Waals surface area contributed by atoms with Gasteiger partial charge in [0.25, 0.3) is 0 Å². The zero-order valence-corrected chi connectivity index (χ0v) is 13.9. The van der Waals surface area contributed by atoms with E-state index in [1.807, 2.05) is 19.1 Å². The van der Waals surface area contributed by atoms with Crippen LogP contribution in [0.25, 0.3) is 11.0 Å². The molecule has 0 fully saturated rings. The van der Waals surface area contributed by atoms with E-state index in [2.05, 4.69) is 29.5 Å². The van der Waals surface area contributed by atoms with Crippen molar-refractivity contribution in [2.45, 2.75) is 32.7 Å². The number of ether oxygens (including phenoxy) is 2. The van der Waals surface area contributed by atoms with Crippen molar-refractivity contribution in [1.82, 2.24) is 9.55 Å². The van der Waals surface area contributed by atoms with E-state index in [1.54, 1.807) is 7.11 Å². The Kier molecular flexibility index (Phi) is 5.48. The maximum absolute atomic E-state index is 6.12. The molecule has 2 rings (SSSR count). The van der Waals surface area contributed by atoms with Crippen LogP contribution < -0.4 is 4.74 Å². The summed E-state index contributed by atoms with van der Waals surface area (Å²) in [5.41, 5.74) is 1.92. The SMILES string of the molecule is CCOc1cccc2c1nc(CCl)n2C(COC)C(C)C. The molecule has 116 valence electrons. The number of rotatable bonds is 7. The lowest BCUT2D eigenvalue weighted by atomic mass is 10.0. The minimum absolute atomic E-state index is 0.200. The maximum Gasteiger partial charge on any atom is 0.147 e. The van der Waals surface area contributed by atoms with Crippen molar-refractivity contribution in [3.63, 3.8) is 0 Å². The summed E-state index contributed by atoms with van der Waals surface area (Å²) in [6.45, 7) is 7.58. The third-order valence-electron chi connectivity index (χ3n) is 3.61. The highest BCUT2D eigenvalue weighted by molar-refractivity contribution is 6.16. The van der Waals surface area contributed by atoms with E-state index in [0.717, 1.165) is 22.6 Å². The first-order valence-electron chi connectivity index (χ1n) is 7.31. The van der Waals surface area contributed by atoms with Gasteiger partial charge in [0.15, 0.2) is 0 Å². The summed E-state index contributed by atoms with van der Waals surface area (Å²) >= 11 is 6.12. The Morgan fingerprint density at radius 3 is 2.67 bits per heavy atom. The van der Waals surface area contributed by atoms with Crippen LogP contribution in [-0.4, -0.2) is 29.9 Å². The Bertz CT molecular complexity index is 595. The lowest BCUT2D eigenvalue weighted by Crippen LogP contribution is -2.22. The number of alkyl halides is 1. The van der Waals surface area contributed by atoms with Crippen molar-refractivity contribution in [2.24, 2.45) is 5.92 Å². The van der Waals surface area contributed by atoms with Crippen LogP contribution in [0.1, 0.15) is 32.6 Å². The number of hydrogen-bond acceptors (Lipinski definition) is 3. The van der Waals surface area contributed by atoms with Gasteiger partial charge in [-0.05, 0) is 25.0 Å². The predicted molar refractivity (Wildman–Crippen MR) is 86.2 cm³/mol. The number of hydrogen-bond donors (Lipinski definition) is 0. The zero-order chi connectivity index (χ0) is 15.4. The smallest absolute Gasteiger partial charge is 0.147 e. The molecule has 0 aliphatic heterocycles. The molecule has 4 nitrogen and oxygen atoms in total. The Morgan fingerprint density at radius 1 is 1.33 bits per heavy atom. The van der Waals surface area contributed by atoms with Crippen molar-refractivity contribution in [2.75, 3.05) is 20.3 Å². The number of nitrogens with zero attached hydrogens (tertiary/aromatic N) is 2. The van der Waals surface area contributed by atoms with Gasteiger partial charge in [0, 0.05) is 7.11 Å². The number of benzene rings is 1. The van der Waals surface area contributed by atoms with E-state index < -0.39 is 0 Å². The average molecular weight is 311 g/mol. The van der Waals surface area contributed by atoms with Gasteiger partial charge in [-0.25, -0.2) is 4.98 Å². The van der Waals surface area contributed by atoms with Crippen LogP contribution in [0.5, 0.6) is 5.75 Å². The van der Waals surface area contributed by atoms with E-state index in [-0.39, 0.29) is 6.04 Å². The van der Waals surface area contributed by atoms with Gasteiger partial charge >= 0.3 is 0 Å². The van der Waals surface area contributed by atoms with Crippen LogP contribution in [-0.2, 0) is 10.6 Å². The van der Waals surface area contributed by atoms with Crippen LogP contribution in [0.3, 0.4) is 0 Å². The summed E-state index contributed by atoms with van der Waals surface area (Å²) < 4.78 is 13.3. The average Bonchev–Trinajstić information content (AvgIpc) is 2.84. The maximum atomic E-state index is 6.12. The van der Waals surface area contributed by atoms with Gasteiger partial charge in [-0.15, -0.1) is 11.6 Å². The highest BCUT2D eigenvalue weighted by Crippen LogP contribution is 2.31. The molecule has 21 heavy (non-hydrogen) atoms. The number of aromatic nitrogens is 2. The molecule has 1 atom stereocenters. The summed E-state index contributed by atoms with van der Waals surface area (Å²) in [6, 6.07) is 6.20. The molecule has 5 heteroatoms. The first-order valence-corrected chi connectivity index (χ1v) is 7.85. The summed E-state index contributed by atoms with van der Waals surface area (Å²) in [5.74, 6) is 2.45. The molecule has 0 saturated heterocycles. The van der Waals surface area contributed by atoms with Gasteiger partial charge < -0.3 is 14.0 Å². The number of para-hydroxylation sites is 1. The van der Waals surface area contributed by atoms with Gasteiger partial charge in [-0.1, -0.05) is 19.9 Å². The Labute approximate surface area is 131 Å². The van der Waals surface area contributed by atoms with E-state index in [9.17, 15) is 0 Å². The number of imidazole rings is 1. The van der Waals surface area contributed by atoms with E-state index in [1.165, 1.54) is 0 Å². The Hall–Kier alpha value is -1.26. The first-order chi connectivity index (χ1) is 10.1. The van der Waals surface area contributed by atoms with Crippen molar-refractivity contribution in [1.29, 1.82) is 0 Å². The molecular weight excluding hydrogens is 288 g/mol. The molecule has 0 bridgehead atoms. The van der Waals surface area contributed by atoms with E-state index in [4.69, 9.17) is 21.1 Å². The standard InChI is InChI=1S/C16H23ClN2O2/c1-5-21-14-8-6-7-12-16(14)18-15(9-17)19(12)13(10-20-4)11(2)3/h6-8,11,13H,5,9-10H2,1-4H3. The fourth-order valence-corrected chi connectivity index (χ4v) is 2.80. The van der Waals surface area contributed by atoms with Gasteiger partial charge in [-0.3, -0.25) is 0 Å². The van der Waals surface area contributed by atoms with E-state index in [0.29, 0.717) is 25.0 Å². The lowest BCUT2D eigenvalue weighted by Gasteiger charge is -2.24. The molecule has 0 N–H and O–H groups in total. The summed E-state index contributed by atoms with van der Waals surface area (Å²) in [4.78, 5) is 4.69. The van der Waals surface area contributed by atoms with Gasteiger partial charge in [0.2, 0.25) is 0 Å². The summed E-state index contributed by atoms with van der Waals surface area (Å²) in [5, 5.41) is 0. The fraction of sp³-hybridized carbons (Fsp3) is 0.562. The van der Waals surface area contributed by atoms with Crippen molar-refractivity contribution >= 4 is 22.6 Å². The highest BCUT2D eigenvalue weighted by Gasteiger charge is 2.23. The van der Waals surface area contributed by atoms with Crippen molar-refractivity contribution in [3.05, 3.63) is 24.0 Å². The summed E-state index contributed by atoms with van der Waals surface area (Å²) in [7, 11) is 1.72. The molecule has 1 aromatic heterocycles. The minimum Gasteiger partial charge on any atom is -0.492 e. The van der Waals surface area contributed by atoms with Crippen molar-refractivity contribution in [3.8, 4) is 5.75 Å². The molecule has 1 unspecified atom stereocenters. The second-order valence-corrected chi connectivity index (χ2v) is 5.62. The molecular formula is C16H23ClN2O2. The van der Waals surface area contributed by atoms with E-state index >= 15 is 0 Å². The monoisotopic (exact) mass is 310 g/mol. The van der Waals surface area contributed by atoms with Gasteiger partial charge in [-0.2, -0.15) is 0 Å². The minimum atomic E-state index is 0.200. The molecule has 0 aliphatic carbocycles. The third-order valence-corrected chi connectivity index (χ3v) is 3.85. The number of fused-ring (bicyclic) bond motifs is 1. The summed E-state index contributed by atoms with van der Waals surface area (Å²) in [6.07, 6.45) is 0. The topological polar surface area (TPSA) is 36.3 Å². The molecule has 0 radical (unpaired) electrons. The second-order valence-electron chi connectivity index (χ2n) is 5.36. The van der Waals surface area contributed by atoms with Crippen LogP contribution in [0.2, 0.25) is 0 Å².